The molecule has 1 aromatic carbocycles. The van der Waals surface area contributed by atoms with Gasteiger partial charge in [0, 0.05) is 24.9 Å². The molecule has 1 saturated heterocycles. The molecule has 0 spiro atoms. The second-order valence-corrected chi connectivity index (χ2v) is 5.85. The predicted molar refractivity (Wildman–Crippen MR) is 78.5 cm³/mol. The highest BCUT2D eigenvalue weighted by atomic mass is 19.4. The van der Waals surface area contributed by atoms with Crippen LogP contribution < -0.4 is 10.6 Å². The van der Waals surface area contributed by atoms with Crippen LogP contribution in [0.15, 0.2) is 24.3 Å². The number of rotatable bonds is 4. The minimum atomic E-state index is -4.35. The average Bonchev–Trinajstić information content (AvgIpc) is 2.49. The van der Waals surface area contributed by atoms with Crippen LogP contribution in [0.4, 0.5) is 13.2 Å². The van der Waals surface area contributed by atoms with Gasteiger partial charge in [-0.2, -0.15) is 13.2 Å². The molecule has 4 nitrogen and oxygen atoms in total. The monoisotopic (exact) mass is 328 g/mol. The van der Waals surface area contributed by atoms with Gasteiger partial charge in [0.05, 0.1) is 5.56 Å². The Bertz CT molecular complexity index is 560. The molecule has 2 amide bonds. The summed E-state index contributed by atoms with van der Waals surface area (Å²) in [4.78, 5) is 23.2. The first-order valence-electron chi connectivity index (χ1n) is 7.49. The molecule has 1 fully saturated rings. The number of carbonyl (C=O) groups is 2. The molecule has 0 bridgehead atoms. The van der Waals surface area contributed by atoms with Gasteiger partial charge in [0.15, 0.2) is 0 Å². The van der Waals surface area contributed by atoms with Crippen molar-refractivity contribution in [1.29, 1.82) is 0 Å². The number of halogens is 3. The third kappa shape index (κ3) is 4.97. The molecule has 23 heavy (non-hydrogen) atoms. The van der Waals surface area contributed by atoms with Crippen molar-refractivity contribution in [3.63, 3.8) is 0 Å². The van der Waals surface area contributed by atoms with Crippen LogP contribution in [0.3, 0.4) is 0 Å². The largest absolute Gasteiger partial charge is 0.416 e. The van der Waals surface area contributed by atoms with E-state index in [1.54, 1.807) is 6.92 Å². The standard InChI is InChI=1S/C16H19F3N2O2/c1-10(15(23)21-13-6-7-14(22)20-9-13)8-11-2-4-12(5-3-11)16(17,18)19/h2-5,10,13H,6-9H2,1H3,(H,20,22)(H,21,23)/t10-,13-/m0/s1. The van der Waals surface area contributed by atoms with E-state index in [9.17, 15) is 22.8 Å². The lowest BCUT2D eigenvalue weighted by Gasteiger charge is -2.25. The molecule has 7 heteroatoms. The summed E-state index contributed by atoms with van der Waals surface area (Å²) >= 11 is 0. The van der Waals surface area contributed by atoms with Crippen molar-refractivity contribution in [3.05, 3.63) is 35.4 Å². The highest BCUT2D eigenvalue weighted by Gasteiger charge is 2.30. The molecule has 1 heterocycles. The zero-order valence-electron chi connectivity index (χ0n) is 12.7. The smallest absolute Gasteiger partial charge is 0.354 e. The topological polar surface area (TPSA) is 58.2 Å². The second kappa shape index (κ2) is 7.02. The second-order valence-electron chi connectivity index (χ2n) is 5.85. The normalized spacial score (nSPS) is 19.8. The van der Waals surface area contributed by atoms with Gasteiger partial charge in [-0.15, -0.1) is 0 Å². The zero-order chi connectivity index (χ0) is 17.0. The zero-order valence-corrected chi connectivity index (χ0v) is 12.7. The summed E-state index contributed by atoms with van der Waals surface area (Å²) in [5.41, 5.74) is -0.0195. The number of amides is 2. The number of hydrogen-bond donors (Lipinski definition) is 2. The summed E-state index contributed by atoms with van der Waals surface area (Å²) in [7, 11) is 0. The Kier molecular flexibility index (Phi) is 5.28. The van der Waals surface area contributed by atoms with Crippen molar-refractivity contribution in [3.8, 4) is 0 Å². The molecule has 2 rings (SSSR count). The van der Waals surface area contributed by atoms with E-state index in [2.05, 4.69) is 10.6 Å². The van der Waals surface area contributed by atoms with E-state index in [0.717, 1.165) is 12.1 Å². The number of hydrogen-bond acceptors (Lipinski definition) is 2. The van der Waals surface area contributed by atoms with Crippen LogP contribution in [0.2, 0.25) is 0 Å². The average molecular weight is 328 g/mol. The number of nitrogens with one attached hydrogen (secondary N) is 2. The van der Waals surface area contributed by atoms with Gasteiger partial charge >= 0.3 is 6.18 Å². The molecular formula is C16H19F3N2O2. The Balaban J connectivity index is 1.87. The maximum absolute atomic E-state index is 12.5. The molecule has 126 valence electrons. The highest BCUT2D eigenvalue weighted by Crippen LogP contribution is 2.29. The Morgan fingerprint density at radius 1 is 1.35 bits per heavy atom. The molecule has 0 radical (unpaired) electrons. The minimum absolute atomic E-state index is 0.0201. The van der Waals surface area contributed by atoms with Crippen LogP contribution in [0.1, 0.15) is 30.9 Å². The van der Waals surface area contributed by atoms with E-state index >= 15 is 0 Å². The van der Waals surface area contributed by atoms with Crippen LogP contribution in [0.5, 0.6) is 0 Å². The third-order valence-electron chi connectivity index (χ3n) is 3.88. The first kappa shape index (κ1) is 17.3. The fourth-order valence-electron chi connectivity index (χ4n) is 2.48. The van der Waals surface area contributed by atoms with Crippen LogP contribution in [-0.2, 0) is 22.2 Å². The molecular weight excluding hydrogens is 309 g/mol. The summed E-state index contributed by atoms with van der Waals surface area (Å²) in [5, 5.41) is 5.55. The lowest BCUT2D eigenvalue weighted by Crippen LogP contribution is -2.49. The van der Waals surface area contributed by atoms with E-state index in [1.807, 2.05) is 0 Å². The number of carbonyl (C=O) groups excluding carboxylic acids is 2. The molecule has 0 aromatic heterocycles. The van der Waals surface area contributed by atoms with Crippen molar-refractivity contribution in [1.82, 2.24) is 10.6 Å². The third-order valence-corrected chi connectivity index (χ3v) is 3.88. The predicted octanol–water partition coefficient (Wildman–Crippen LogP) is 2.28. The summed E-state index contributed by atoms with van der Waals surface area (Å²) in [6, 6.07) is 4.75. The van der Waals surface area contributed by atoms with Crippen molar-refractivity contribution < 1.29 is 22.8 Å². The van der Waals surface area contributed by atoms with Crippen LogP contribution in [0.25, 0.3) is 0 Å². The molecule has 1 aliphatic heterocycles. The quantitative estimate of drug-likeness (QED) is 0.891. The summed E-state index contributed by atoms with van der Waals surface area (Å²) in [6.07, 6.45) is -3.00. The SMILES string of the molecule is C[C@@H](Cc1ccc(C(F)(F)F)cc1)C(=O)N[C@H]1CCC(=O)NC1. The molecule has 1 aliphatic rings. The summed E-state index contributed by atoms with van der Waals surface area (Å²) in [6.45, 7) is 2.14. The van der Waals surface area contributed by atoms with E-state index in [1.165, 1.54) is 12.1 Å². The Morgan fingerprint density at radius 2 is 2.00 bits per heavy atom. The molecule has 0 unspecified atom stereocenters. The first-order chi connectivity index (χ1) is 10.8. The Hall–Kier alpha value is -2.05. The van der Waals surface area contributed by atoms with Crippen molar-refractivity contribution in [2.75, 3.05) is 6.54 Å². The Labute approximate surface area is 132 Å². The van der Waals surface area contributed by atoms with Gasteiger partial charge in [0.25, 0.3) is 0 Å². The van der Waals surface area contributed by atoms with Gasteiger partial charge in [-0.05, 0) is 30.5 Å². The van der Waals surface area contributed by atoms with E-state index in [0.29, 0.717) is 31.4 Å². The van der Waals surface area contributed by atoms with E-state index in [4.69, 9.17) is 0 Å². The summed E-state index contributed by atoms with van der Waals surface area (Å²) < 4.78 is 37.5. The van der Waals surface area contributed by atoms with Crippen LogP contribution in [0, 0.1) is 5.92 Å². The van der Waals surface area contributed by atoms with E-state index in [-0.39, 0.29) is 23.8 Å². The molecule has 0 saturated carbocycles. The fourth-order valence-corrected chi connectivity index (χ4v) is 2.48. The first-order valence-corrected chi connectivity index (χ1v) is 7.49. The van der Waals surface area contributed by atoms with Gasteiger partial charge in [0.1, 0.15) is 0 Å². The van der Waals surface area contributed by atoms with Crippen LogP contribution >= 0.6 is 0 Å². The molecule has 0 aliphatic carbocycles. The van der Waals surface area contributed by atoms with Gasteiger partial charge < -0.3 is 10.6 Å². The van der Waals surface area contributed by atoms with E-state index < -0.39 is 11.7 Å². The van der Waals surface area contributed by atoms with Gasteiger partial charge in [-0.3, -0.25) is 9.59 Å². The maximum atomic E-state index is 12.5. The molecule has 2 atom stereocenters. The summed E-state index contributed by atoms with van der Waals surface area (Å²) in [5.74, 6) is -0.538. The number of alkyl halides is 3. The van der Waals surface area contributed by atoms with Crippen LogP contribution in [-0.4, -0.2) is 24.4 Å². The number of benzene rings is 1. The Morgan fingerprint density at radius 3 is 2.52 bits per heavy atom. The lowest BCUT2D eigenvalue weighted by molar-refractivity contribution is -0.137. The maximum Gasteiger partial charge on any atom is 0.416 e. The van der Waals surface area contributed by atoms with Gasteiger partial charge in [-0.25, -0.2) is 0 Å². The lowest BCUT2D eigenvalue weighted by atomic mass is 9.98. The molecule has 2 N–H and O–H groups in total. The van der Waals surface area contributed by atoms with Crippen molar-refractivity contribution in [2.45, 2.75) is 38.4 Å². The molecule has 1 aromatic rings. The highest BCUT2D eigenvalue weighted by molar-refractivity contribution is 5.80. The van der Waals surface area contributed by atoms with Gasteiger partial charge in [-0.1, -0.05) is 19.1 Å². The van der Waals surface area contributed by atoms with Gasteiger partial charge in [0.2, 0.25) is 11.8 Å². The van der Waals surface area contributed by atoms with Crippen molar-refractivity contribution in [2.24, 2.45) is 5.92 Å². The number of piperidine rings is 1. The minimum Gasteiger partial charge on any atom is -0.354 e. The fraction of sp³-hybridized carbons (Fsp3) is 0.500. The van der Waals surface area contributed by atoms with Crippen molar-refractivity contribution >= 4 is 11.8 Å².